The number of benzene rings is 2. The van der Waals surface area contributed by atoms with Crippen molar-refractivity contribution in [2.45, 2.75) is 19.9 Å². The van der Waals surface area contributed by atoms with Gasteiger partial charge in [0.2, 0.25) is 0 Å². The topological polar surface area (TPSA) is 35.5 Å². The van der Waals surface area contributed by atoms with Gasteiger partial charge in [-0.3, -0.25) is 0 Å². The first-order valence-corrected chi connectivity index (χ1v) is 7.26. The minimum absolute atomic E-state index is 0.143. The Labute approximate surface area is 121 Å². The lowest BCUT2D eigenvalue weighted by Gasteiger charge is -2.19. The van der Waals surface area contributed by atoms with Crippen molar-refractivity contribution in [1.82, 2.24) is 10.2 Å². The maximum absolute atomic E-state index is 10.4. The quantitative estimate of drug-likeness (QED) is 0.848. The highest BCUT2D eigenvalue weighted by Crippen LogP contribution is 2.32. The lowest BCUT2D eigenvalue weighted by atomic mass is 10.0. The van der Waals surface area contributed by atoms with Gasteiger partial charge in [-0.2, -0.15) is 0 Å². The average Bonchev–Trinajstić information content (AvgIpc) is 2.47. The van der Waals surface area contributed by atoms with E-state index in [9.17, 15) is 5.11 Å². The molecular formula is C17H24N2O. The second-order valence-electron chi connectivity index (χ2n) is 5.30. The van der Waals surface area contributed by atoms with Gasteiger partial charge >= 0.3 is 0 Å². The molecule has 0 heterocycles. The summed E-state index contributed by atoms with van der Waals surface area (Å²) in [4.78, 5) is 2.26. The van der Waals surface area contributed by atoms with Crippen molar-refractivity contribution in [2.75, 3.05) is 26.7 Å². The first-order chi connectivity index (χ1) is 9.63. The Morgan fingerprint density at radius 3 is 2.70 bits per heavy atom. The van der Waals surface area contributed by atoms with Gasteiger partial charge < -0.3 is 15.3 Å². The summed E-state index contributed by atoms with van der Waals surface area (Å²) < 4.78 is 0. The van der Waals surface area contributed by atoms with E-state index in [2.05, 4.69) is 37.2 Å². The Kier molecular flexibility index (Phi) is 4.99. The molecule has 1 atom stereocenters. The van der Waals surface area contributed by atoms with Gasteiger partial charge in [0.15, 0.2) is 0 Å². The fourth-order valence-corrected chi connectivity index (χ4v) is 2.36. The lowest BCUT2D eigenvalue weighted by Crippen LogP contribution is -2.30. The molecule has 0 amide bonds. The molecule has 108 valence electrons. The third-order valence-electron chi connectivity index (χ3n) is 3.88. The average molecular weight is 272 g/mol. The first kappa shape index (κ1) is 14.8. The van der Waals surface area contributed by atoms with E-state index in [1.165, 1.54) is 0 Å². The molecule has 0 radical (unpaired) electrons. The molecule has 2 rings (SSSR count). The first-order valence-electron chi connectivity index (χ1n) is 7.26. The van der Waals surface area contributed by atoms with Crippen LogP contribution in [0.1, 0.15) is 25.5 Å². The Morgan fingerprint density at radius 2 is 1.95 bits per heavy atom. The van der Waals surface area contributed by atoms with Gasteiger partial charge in [-0.25, -0.2) is 0 Å². The molecule has 1 unspecified atom stereocenters. The number of nitrogens with zero attached hydrogens (tertiary/aromatic N) is 1. The van der Waals surface area contributed by atoms with Crippen LogP contribution < -0.4 is 5.32 Å². The lowest BCUT2D eigenvalue weighted by molar-refractivity contribution is 0.341. The number of likely N-dealkylation sites (N-methyl/N-ethyl adjacent to an activating group) is 1. The van der Waals surface area contributed by atoms with Gasteiger partial charge in [-0.15, -0.1) is 0 Å². The van der Waals surface area contributed by atoms with E-state index in [0.29, 0.717) is 5.75 Å². The summed E-state index contributed by atoms with van der Waals surface area (Å²) in [7, 11) is 2.11. The largest absolute Gasteiger partial charge is 0.507 e. The van der Waals surface area contributed by atoms with Gasteiger partial charge in [0.25, 0.3) is 0 Å². The molecule has 2 aromatic rings. The van der Waals surface area contributed by atoms with Crippen LogP contribution >= 0.6 is 0 Å². The number of nitrogens with one attached hydrogen (secondary N) is 1. The number of rotatable bonds is 6. The third kappa shape index (κ3) is 3.30. The maximum atomic E-state index is 10.4. The molecule has 0 aliphatic heterocycles. The molecule has 0 saturated carbocycles. The van der Waals surface area contributed by atoms with Crippen molar-refractivity contribution in [3.63, 3.8) is 0 Å². The minimum atomic E-state index is 0.143. The van der Waals surface area contributed by atoms with Gasteiger partial charge in [0.1, 0.15) is 5.75 Å². The second-order valence-corrected chi connectivity index (χ2v) is 5.30. The second kappa shape index (κ2) is 6.73. The summed E-state index contributed by atoms with van der Waals surface area (Å²) in [6.07, 6.45) is 0. The van der Waals surface area contributed by atoms with E-state index in [4.69, 9.17) is 0 Å². The fourth-order valence-electron chi connectivity index (χ4n) is 2.36. The molecule has 3 nitrogen and oxygen atoms in total. The molecule has 0 bridgehead atoms. The Morgan fingerprint density at radius 1 is 1.20 bits per heavy atom. The SMILES string of the molecule is CCN(C)CCNC(C)c1ccc2ccccc2c1O. The summed E-state index contributed by atoms with van der Waals surface area (Å²) in [5.74, 6) is 0.395. The Balaban J connectivity index is 2.10. The van der Waals surface area contributed by atoms with Gasteiger partial charge in [-0.1, -0.05) is 43.3 Å². The van der Waals surface area contributed by atoms with Crippen LogP contribution in [0.5, 0.6) is 5.75 Å². The molecule has 0 saturated heterocycles. The van der Waals surface area contributed by atoms with E-state index in [-0.39, 0.29) is 6.04 Å². The summed E-state index contributed by atoms with van der Waals surface area (Å²) in [6.45, 7) is 7.22. The third-order valence-corrected chi connectivity index (χ3v) is 3.88. The van der Waals surface area contributed by atoms with Crippen LogP contribution in [-0.2, 0) is 0 Å². The zero-order chi connectivity index (χ0) is 14.5. The normalized spacial score (nSPS) is 13.0. The van der Waals surface area contributed by atoms with Crippen molar-refractivity contribution < 1.29 is 5.11 Å². The highest BCUT2D eigenvalue weighted by Gasteiger charge is 2.12. The Bertz CT molecular complexity index is 568. The molecule has 0 spiro atoms. The monoisotopic (exact) mass is 272 g/mol. The molecule has 0 aliphatic carbocycles. The fraction of sp³-hybridized carbons (Fsp3) is 0.412. The van der Waals surface area contributed by atoms with Crippen LogP contribution in [0.15, 0.2) is 36.4 Å². The smallest absolute Gasteiger partial charge is 0.128 e. The van der Waals surface area contributed by atoms with Crippen LogP contribution in [0.4, 0.5) is 0 Å². The van der Waals surface area contributed by atoms with Crippen LogP contribution in [0, 0.1) is 0 Å². The number of phenols is 1. The molecule has 2 N–H and O–H groups in total. The highest BCUT2D eigenvalue weighted by atomic mass is 16.3. The van der Waals surface area contributed by atoms with Crippen molar-refractivity contribution >= 4 is 10.8 Å². The molecule has 2 aromatic carbocycles. The van der Waals surface area contributed by atoms with E-state index >= 15 is 0 Å². The number of phenolic OH excluding ortho intramolecular Hbond substituents is 1. The van der Waals surface area contributed by atoms with Crippen molar-refractivity contribution in [3.05, 3.63) is 42.0 Å². The van der Waals surface area contributed by atoms with Crippen LogP contribution in [0.25, 0.3) is 10.8 Å². The zero-order valence-corrected chi connectivity index (χ0v) is 12.6. The van der Waals surface area contributed by atoms with Gasteiger partial charge in [-0.05, 0) is 25.9 Å². The molecule has 0 aliphatic rings. The van der Waals surface area contributed by atoms with Crippen molar-refractivity contribution in [3.8, 4) is 5.75 Å². The van der Waals surface area contributed by atoms with Crippen LogP contribution in [0.2, 0.25) is 0 Å². The van der Waals surface area contributed by atoms with Gasteiger partial charge in [0, 0.05) is 30.1 Å². The van der Waals surface area contributed by atoms with Crippen molar-refractivity contribution in [2.24, 2.45) is 0 Å². The Hall–Kier alpha value is -1.58. The zero-order valence-electron chi connectivity index (χ0n) is 12.6. The highest BCUT2D eigenvalue weighted by molar-refractivity contribution is 5.89. The molecule has 20 heavy (non-hydrogen) atoms. The number of hydrogen-bond acceptors (Lipinski definition) is 3. The van der Waals surface area contributed by atoms with Crippen LogP contribution in [0.3, 0.4) is 0 Å². The number of fused-ring (bicyclic) bond motifs is 1. The standard InChI is InChI=1S/C17H24N2O/c1-4-19(3)12-11-18-13(2)15-10-9-14-7-5-6-8-16(14)17(15)20/h5-10,13,18,20H,4,11-12H2,1-3H3. The van der Waals surface area contributed by atoms with Crippen LogP contribution in [-0.4, -0.2) is 36.7 Å². The minimum Gasteiger partial charge on any atom is -0.507 e. The van der Waals surface area contributed by atoms with E-state index < -0.39 is 0 Å². The summed E-state index contributed by atoms with van der Waals surface area (Å²) in [5.41, 5.74) is 0.961. The van der Waals surface area contributed by atoms with E-state index in [1.807, 2.05) is 30.3 Å². The van der Waals surface area contributed by atoms with E-state index in [0.717, 1.165) is 36.0 Å². The van der Waals surface area contributed by atoms with E-state index in [1.54, 1.807) is 0 Å². The summed E-state index contributed by atoms with van der Waals surface area (Å²) >= 11 is 0. The molecule has 3 heteroatoms. The number of hydrogen-bond donors (Lipinski definition) is 2. The molecule has 0 aromatic heterocycles. The van der Waals surface area contributed by atoms with Crippen molar-refractivity contribution in [1.29, 1.82) is 0 Å². The summed E-state index contributed by atoms with van der Waals surface area (Å²) in [6, 6.07) is 12.2. The number of aromatic hydroxyl groups is 1. The predicted octanol–water partition coefficient (Wildman–Crippen LogP) is 3.15. The summed E-state index contributed by atoms with van der Waals surface area (Å²) in [5, 5.41) is 15.9. The maximum Gasteiger partial charge on any atom is 0.128 e. The molecular weight excluding hydrogens is 248 g/mol. The van der Waals surface area contributed by atoms with Gasteiger partial charge in [0.05, 0.1) is 0 Å². The predicted molar refractivity (Wildman–Crippen MR) is 85.2 cm³/mol. The molecule has 0 fully saturated rings.